The Labute approximate surface area is 139 Å². The van der Waals surface area contributed by atoms with Gasteiger partial charge < -0.3 is 71.0 Å². The largest absolute Gasteiger partial charge is 4.00 e. The van der Waals surface area contributed by atoms with E-state index in [9.17, 15) is 0 Å². The molecule has 0 rings (SSSR count). The van der Waals surface area contributed by atoms with Crippen LogP contribution >= 0.6 is 0 Å². The van der Waals surface area contributed by atoms with Crippen molar-refractivity contribution < 1.29 is 21.1 Å². The van der Waals surface area contributed by atoms with Gasteiger partial charge in [0, 0.05) is 0 Å². The quantitative estimate of drug-likeness (QED) is 0.352. The van der Waals surface area contributed by atoms with Crippen LogP contribution in [0.4, 0.5) is 0 Å². The Morgan fingerprint density at radius 1 is 0.357 bits per heavy atom. The van der Waals surface area contributed by atoms with E-state index in [0.29, 0.717) is 0 Å². The van der Waals surface area contributed by atoms with Gasteiger partial charge in [-0.2, -0.15) is 0 Å². The summed E-state index contributed by atoms with van der Waals surface area (Å²) in [6.07, 6.45) is 0. The summed E-state index contributed by atoms with van der Waals surface area (Å²) in [6, 6.07) is 0. The maximum Gasteiger partial charge on any atom is 4.00 e. The molecule has 8 heteroatoms. The molecule has 0 saturated carbocycles. The molecule has 0 saturated heterocycles. The van der Waals surface area contributed by atoms with Gasteiger partial charge in [0.1, 0.15) is 0 Å². The molecule has 0 aliphatic carbocycles. The van der Waals surface area contributed by atoms with Crippen LogP contribution in [0.3, 0.4) is 0 Å². The average molecular weight is 489 g/mol. The Bertz CT molecular complexity index is 97.3. The summed E-state index contributed by atoms with van der Waals surface area (Å²) >= 11 is 0. The molecule has 0 fully saturated rings. The van der Waals surface area contributed by atoms with E-state index in [-0.39, 0.29) is 69.9 Å². The summed E-state index contributed by atoms with van der Waals surface area (Å²) < 4.78 is 0. The van der Waals surface area contributed by atoms with E-state index in [0.717, 1.165) is 0 Å². The first-order chi connectivity index (χ1) is 6.00. The number of hydrogen-bond acceptors (Lipinski definition) is 6. The van der Waals surface area contributed by atoms with Crippen LogP contribution in [0.5, 0.6) is 0 Å². The topological polar surface area (TPSA) is 143 Å². The maximum absolute atomic E-state index is 6.25. The molecule has 0 spiro atoms. The van der Waals surface area contributed by atoms with E-state index in [1.165, 1.54) is 0 Å². The number of nitrogens with zero attached hydrogens (tertiary/aromatic N) is 6. The standard InChI is InChI=1S/6CN.Ba.Pt/c6*1-2;;/q6*-1;+2;+4. The van der Waals surface area contributed by atoms with Crippen molar-refractivity contribution in [3.8, 4) is 0 Å². The molecule has 0 aromatic heterocycles. The van der Waals surface area contributed by atoms with Crippen molar-refractivity contribution in [3.05, 3.63) is 39.4 Å². The summed E-state index contributed by atoms with van der Waals surface area (Å²) in [7, 11) is 0. The van der Waals surface area contributed by atoms with E-state index in [4.69, 9.17) is 71.0 Å². The smallest absolute Gasteiger partial charge is 0.512 e. The van der Waals surface area contributed by atoms with Crippen LogP contribution in [-0.2, 0) is 21.1 Å². The second kappa shape index (κ2) is 2390. The predicted octanol–water partition coefficient (Wildman–Crippen LogP) is 0.195. The third kappa shape index (κ3) is 1820. The molecule has 0 bridgehead atoms. The first kappa shape index (κ1) is 72.7. The first-order valence-electron chi connectivity index (χ1n) is 1.34. The SMILES string of the molecule is [Ba+2].[C-]#N.[C-]#N.[C-]#N.[C-]#N.[C-]#N.[C-]#N.[Pt+4]. The van der Waals surface area contributed by atoms with Gasteiger partial charge in [-0.25, -0.2) is 0 Å². The van der Waals surface area contributed by atoms with Crippen molar-refractivity contribution >= 4 is 48.9 Å². The fourth-order valence-corrected chi connectivity index (χ4v) is 0. The monoisotopic (exact) mass is 489 g/mol. The Balaban J connectivity index is -0.00000000500. The van der Waals surface area contributed by atoms with E-state index in [2.05, 4.69) is 0 Å². The summed E-state index contributed by atoms with van der Waals surface area (Å²) in [4.78, 5) is 0. The molecule has 0 unspecified atom stereocenters. The Hall–Kier alpha value is -0.800. The molecule has 0 atom stereocenters. The molecule has 0 aliphatic rings. The third-order valence-corrected chi connectivity index (χ3v) is 0. The van der Waals surface area contributed by atoms with Gasteiger partial charge in [-0.15, -0.1) is 0 Å². The molecular weight excluding hydrogens is 489 g/mol. The van der Waals surface area contributed by atoms with Crippen molar-refractivity contribution in [3.63, 3.8) is 0 Å². The molecule has 0 heterocycles. The van der Waals surface area contributed by atoms with Crippen molar-refractivity contribution in [1.29, 1.82) is 31.6 Å². The molecule has 0 amide bonds. The molecule has 66 valence electrons. The zero-order valence-electron chi connectivity index (χ0n) is 6.71. The summed E-state index contributed by atoms with van der Waals surface area (Å²) in [6.45, 7) is 28.5. The summed E-state index contributed by atoms with van der Waals surface area (Å²) in [5.74, 6) is 0. The van der Waals surface area contributed by atoms with Crippen LogP contribution < -0.4 is 0 Å². The first-order valence-corrected chi connectivity index (χ1v) is 1.34. The second-order valence-electron chi connectivity index (χ2n) is 0. The number of rotatable bonds is 0. The van der Waals surface area contributed by atoms with Crippen LogP contribution in [0.2, 0.25) is 0 Å². The van der Waals surface area contributed by atoms with Crippen molar-refractivity contribution in [1.82, 2.24) is 0 Å². The van der Waals surface area contributed by atoms with Crippen molar-refractivity contribution in [2.75, 3.05) is 0 Å². The molecule has 14 heavy (non-hydrogen) atoms. The average Bonchev–Trinajstić information content (AvgIpc) is 2.33. The van der Waals surface area contributed by atoms with Crippen molar-refractivity contribution in [2.45, 2.75) is 0 Å². The molecular formula is C6BaN6Pt. The molecule has 0 aromatic carbocycles. The van der Waals surface area contributed by atoms with Gasteiger partial charge in [-0.1, -0.05) is 0 Å². The molecule has 0 aromatic rings. The van der Waals surface area contributed by atoms with Crippen LogP contribution in [0.15, 0.2) is 0 Å². The van der Waals surface area contributed by atoms with Gasteiger partial charge >= 0.3 is 69.9 Å². The molecule has 0 N–H and O–H groups in total. The van der Waals surface area contributed by atoms with Crippen LogP contribution in [0, 0.1) is 71.0 Å². The van der Waals surface area contributed by atoms with Gasteiger partial charge in [0.15, 0.2) is 0 Å². The minimum atomic E-state index is 0. The maximum atomic E-state index is 6.25. The van der Waals surface area contributed by atoms with E-state index < -0.39 is 0 Å². The van der Waals surface area contributed by atoms with Gasteiger partial charge in [0.25, 0.3) is 0 Å². The summed E-state index contributed by atoms with van der Waals surface area (Å²) in [5, 5.41) is 37.5. The molecule has 0 radical (unpaired) electrons. The van der Waals surface area contributed by atoms with E-state index in [1.807, 2.05) is 0 Å². The minimum absolute atomic E-state index is 0. The third-order valence-electron chi connectivity index (χ3n) is 0. The Kier molecular flexibility index (Phi) is 12400. The fourth-order valence-electron chi connectivity index (χ4n) is 0. The van der Waals surface area contributed by atoms with Crippen LogP contribution in [0.1, 0.15) is 0 Å². The van der Waals surface area contributed by atoms with E-state index >= 15 is 0 Å². The normalized spacial score (nSPS) is 0.857. The molecule has 0 aliphatic heterocycles. The van der Waals surface area contributed by atoms with Gasteiger partial charge in [0.2, 0.25) is 0 Å². The Morgan fingerprint density at radius 3 is 0.357 bits per heavy atom. The fraction of sp³-hybridized carbons (Fsp3) is 0. The zero-order chi connectivity index (χ0) is 12.0. The molecule has 6 nitrogen and oxygen atoms in total. The number of hydrogen-bond donors (Lipinski definition) is 0. The minimum Gasteiger partial charge on any atom is -0.512 e. The Morgan fingerprint density at radius 2 is 0.357 bits per heavy atom. The predicted molar refractivity (Wildman–Crippen MR) is 35.6 cm³/mol. The van der Waals surface area contributed by atoms with E-state index in [1.54, 1.807) is 0 Å². The summed E-state index contributed by atoms with van der Waals surface area (Å²) in [5.41, 5.74) is 0. The van der Waals surface area contributed by atoms with Crippen molar-refractivity contribution in [2.24, 2.45) is 0 Å². The zero-order valence-corrected chi connectivity index (χ0v) is 13.4. The van der Waals surface area contributed by atoms with Crippen LogP contribution in [-0.4, -0.2) is 48.9 Å². The van der Waals surface area contributed by atoms with Crippen LogP contribution in [0.25, 0.3) is 0 Å². The van der Waals surface area contributed by atoms with Gasteiger partial charge in [0.05, 0.1) is 0 Å². The second-order valence-corrected chi connectivity index (χ2v) is 0. The van der Waals surface area contributed by atoms with Gasteiger partial charge in [-0.05, 0) is 0 Å². The van der Waals surface area contributed by atoms with Gasteiger partial charge in [-0.3, -0.25) is 0 Å².